The van der Waals surface area contributed by atoms with Crippen molar-refractivity contribution in [2.45, 2.75) is 20.0 Å². The summed E-state index contributed by atoms with van der Waals surface area (Å²) in [6.07, 6.45) is 0. The van der Waals surface area contributed by atoms with Gasteiger partial charge >= 0.3 is 11.8 Å². The Kier molecular flexibility index (Phi) is 6.60. The van der Waals surface area contributed by atoms with Crippen LogP contribution >= 0.6 is 0 Å². The Morgan fingerprint density at radius 2 is 1.41 bits per heavy atom. The number of likely N-dealkylation sites (N-methyl/N-ethyl adjacent to an activating group) is 1. The Balaban J connectivity index is 1.52. The number of carbonyl (C=O) groups excluding carboxylic acids is 2. The Morgan fingerprint density at radius 1 is 0.852 bits per heavy atom. The van der Waals surface area contributed by atoms with Gasteiger partial charge in [0.05, 0.1) is 0 Å². The van der Waals surface area contributed by atoms with Crippen LogP contribution in [0.2, 0.25) is 0 Å². The SMILES string of the molecule is CCN(Cc1ccccc1)C(=O)C(=O)N1CCN(Cc2ccccc2)CC1. The summed E-state index contributed by atoms with van der Waals surface area (Å²) in [4.78, 5) is 31.0. The molecule has 142 valence electrons. The van der Waals surface area contributed by atoms with Gasteiger partial charge in [-0.25, -0.2) is 0 Å². The maximum atomic E-state index is 12.7. The minimum Gasteiger partial charge on any atom is -0.332 e. The highest BCUT2D eigenvalue weighted by Gasteiger charge is 2.29. The Hall–Kier alpha value is -2.66. The third-order valence-corrected chi connectivity index (χ3v) is 4.98. The van der Waals surface area contributed by atoms with Gasteiger partial charge in [0, 0.05) is 45.8 Å². The van der Waals surface area contributed by atoms with Crippen molar-refractivity contribution in [3.8, 4) is 0 Å². The summed E-state index contributed by atoms with van der Waals surface area (Å²) in [6.45, 7) is 6.55. The van der Waals surface area contributed by atoms with E-state index in [4.69, 9.17) is 0 Å². The smallest absolute Gasteiger partial charge is 0.312 e. The minimum absolute atomic E-state index is 0.382. The number of amides is 2. The highest BCUT2D eigenvalue weighted by Crippen LogP contribution is 2.11. The zero-order chi connectivity index (χ0) is 19.1. The van der Waals surface area contributed by atoms with Crippen molar-refractivity contribution < 1.29 is 9.59 Å². The van der Waals surface area contributed by atoms with Crippen LogP contribution in [0.4, 0.5) is 0 Å². The normalized spacial score (nSPS) is 14.8. The summed E-state index contributed by atoms with van der Waals surface area (Å²) >= 11 is 0. The first-order chi connectivity index (χ1) is 13.2. The number of piperazine rings is 1. The molecule has 5 nitrogen and oxygen atoms in total. The van der Waals surface area contributed by atoms with Crippen LogP contribution in [0.5, 0.6) is 0 Å². The van der Waals surface area contributed by atoms with Gasteiger partial charge in [-0.3, -0.25) is 14.5 Å². The lowest BCUT2D eigenvalue weighted by Crippen LogP contribution is -2.52. The van der Waals surface area contributed by atoms with Crippen LogP contribution in [0, 0.1) is 0 Å². The molecule has 0 aliphatic carbocycles. The molecule has 0 N–H and O–H groups in total. The molecular weight excluding hydrogens is 338 g/mol. The largest absolute Gasteiger partial charge is 0.332 e. The second-order valence-corrected chi connectivity index (χ2v) is 6.86. The lowest BCUT2D eigenvalue weighted by molar-refractivity contribution is -0.153. The number of benzene rings is 2. The molecule has 0 aromatic heterocycles. The summed E-state index contributed by atoms with van der Waals surface area (Å²) in [5.74, 6) is -0.787. The fourth-order valence-corrected chi connectivity index (χ4v) is 3.35. The summed E-state index contributed by atoms with van der Waals surface area (Å²) in [5.41, 5.74) is 2.31. The van der Waals surface area contributed by atoms with E-state index < -0.39 is 5.91 Å². The Morgan fingerprint density at radius 3 is 1.96 bits per heavy atom. The maximum absolute atomic E-state index is 12.7. The van der Waals surface area contributed by atoms with E-state index in [1.807, 2.05) is 55.5 Å². The van der Waals surface area contributed by atoms with Crippen LogP contribution in [0.3, 0.4) is 0 Å². The van der Waals surface area contributed by atoms with Gasteiger partial charge in [-0.15, -0.1) is 0 Å². The minimum atomic E-state index is -0.405. The van der Waals surface area contributed by atoms with E-state index >= 15 is 0 Å². The van der Waals surface area contributed by atoms with Crippen molar-refractivity contribution >= 4 is 11.8 Å². The predicted molar refractivity (Wildman–Crippen MR) is 106 cm³/mol. The van der Waals surface area contributed by atoms with E-state index in [0.29, 0.717) is 26.2 Å². The summed E-state index contributed by atoms with van der Waals surface area (Å²) in [6, 6.07) is 20.1. The number of hydrogen-bond donors (Lipinski definition) is 0. The third-order valence-electron chi connectivity index (χ3n) is 4.98. The van der Waals surface area contributed by atoms with Gasteiger partial charge in [-0.2, -0.15) is 0 Å². The fourth-order valence-electron chi connectivity index (χ4n) is 3.35. The Labute approximate surface area is 161 Å². The van der Waals surface area contributed by atoms with Crippen LogP contribution in [0.25, 0.3) is 0 Å². The molecule has 0 radical (unpaired) electrons. The molecule has 0 unspecified atom stereocenters. The highest BCUT2D eigenvalue weighted by molar-refractivity contribution is 6.34. The molecule has 0 atom stereocenters. The molecular formula is C22H27N3O2. The van der Waals surface area contributed by atoms with E-state index in [2.05, 4.69) is 17.0 Å². The van der Waals surface area contributed by atoms with Gasteiger partial charge in [0.1, 0.15) is 0 Å². The van der Waals surface area contributed by atoms with E-state index in [1.54, 1.807) is 9.80 Å². The summed E-state index contributed by atoms with van der Waals surface area (Å²) < 4.78 is 0. The van der Waals surface area contributed by atoms with Crippen LogP contribution < -0.4 is 0 Å². The molecule has 27 heavy (non-hydrogen) atoms. The molecule has 1 saturated heterocycles. The van der Waals surface area contributed by atoms with Gasteiger partial charge < -0.3 is 9.80 Å². The second-order valence-electron chi connectivity index (χ2n) is 6.86. The summed E-state index contributed by atoms with van der Waals surface area (Å²) in [5, 5.41) is 0. The number of rotatable bonds is 5. The molecule has 1 aliphatic heterocycles. The molecule has 0 saturated carbocycles. The van der Waals surface area contributed by atoms with E-state index in [-0.39, 0.29) is 5.91 Å². The first-order valence-electron chi connectivity index (χ1n) is 9.55. The van der Waals surface area contributed by atoms with Gasteiger partial charge in [-0.05, 0) is 18.1 Å². The average Bonchev–Trinajstić information content (AvgIpc) is 2.73. The van der Waals surface area contributed by atoms with E-state index in [9.17, 15) is 9.59 Å². The maximum Gasteiger partial charge on any atom is 0.312 e. The van der Waals surface area contributed by atoms with Gasteiger partial charge in [-0.1, -0.05) is 60.7 Å². The van der Waals surface area contributed by atoms with Crippen molar-refractivity contribution in [2.24, 2.45) is 0 Å². The van der Waals surface area contributed by atoms with Crippen molar-refractivity contribution in [3.05, 3.63) is 71.8 Å². The first-order valence-corrected chi connectivity index (χ1v) is 9.55. The molecule has 1 heterocycles. The molecule has 1 aliphatic rings. The molecule has 2 amide bonds. The third kappa shape index (κ3) is 5.17. The first kappa shape index (κ1) is 19.1. The molecule has 2 aromatic rings. The average molecular weight is 365 g/mol. The molecule has 2 aromatic carbocycles. The monoisotopic (exact) mass is 365 g/mol. The second kappa shape index (κ2) is 9.33. The summed E-state index contributed by atoms with van der Waals surface area (Å²) in [7, 11) is 0. The highest BCUT2D eigenvalue weighted by atomic mass is 16.2. The van der Waals surface area contributed by atoms with Gasteiger partial charge in [0.25, 0.3) is 0 Å². The topological polar surface area (TPSA) is 43.9 Å². The fraction of sp³-hybridized carbons (Fsp3) is 0.364. The van der Waals surface area contributed by atoms with Crippen LogP contribution in [-0.4, -0.2) is 59.2 Å². The lowest BCUT2D eigenvalue weighted by Gasteiger charge is -2.35. The standard InChI is InChI=1S/C22H27N3O2/c1-2-24(18-20-11-7-4-8-12-20)21(26)22(27)25-15-13-23(14-16-25)17-19-9-5-3-6-10-19/h3-12H,2,13-18H2,1H3. The van der Waals surface area contributed by atoms with Gasteiger partial charge in [0.2, 0.25) is 0 Å². The van der Waals surface area contributed by atoms with Crippen LogP contribution in [0.15, 0.2) is 60.7 Å². The molecule has 1 fully saturated rings. The molecule has 5 heteroatoms. The quantitative estimate of drug-likeness (QED) is 0.764. The number of carbonyl (C=O) groups is 2. The molecule has 3 rings (SSSR count). The zero-order valence-corrected chi connectivity index (χ0v) is 15.9. The van der Waals surface area contributed by atoms with E-state index in [0.717, 1.165) is 25.2 Å². The van der Waals surface area contributed by atoms with Crippen LogP contribution in [-0.2, 0) is 22.7 Å². The van der Waals surface area contributed by atoms with Gasteiger partial charge in [0.15, 0.2) is 0 Å². The predicted octanol–water partition coefficient (Wildman–Crippen LogP) is 2.38. The van der Waals surface area contributed by atoms with Crippen LogP contribution in [0.1, 0.15) is 18.1 Å². The van der Waals surface area contributed by atoms with Crippen molar-refractivity contribution in [1.82, 2.24) is 14.7 Å². The molecule has 0 spiro atoms. The van der Waals surface area contributed by atoms with E-state index in [1.165, 1.54) is 5.56 Å². The van der Waals surface area contributed by atoms with Crippen molar-refractivity contribution in [2.75, 3.05) is 32.7 Å². The number of nitrogens with zero attached hydrogens (tertiary/aromatic N) is 3. The van der Waals surface area contributed by atoms with Crippen molar-refractivity contribution in [3.63, 3.8) is 0 Å². The van der Waals surface area contributed by atoms with Crippen molar-refractivity contribution in [1.29, 1.82) is 0 Å². The zero-order valence-electron chi connectivity index (χ0n) is 15.9. The number of hydrogen-bond acceptors (Lipinski definition) is 3. The Bertz CT molecular complexity index is 741. The molecule has 0 bridgehead atoms. The lowest BCUT2D eigenvalue weighted by atomic mass is 10.2.